The Bertz CT molecular complexity index is 2020. The second kappa shape index (κ2) is 11.3. The highest BCUT2D eigenvalue weighted by Crippen LogP contribution is 2.42. The summed E-state index contributed by atoms with van der Waals surface area (Å²) < 4.78 is 8.10. The van der Waals surface area contributed by atoms with Crippen molar-refractivity contribution in [3.63, 3.8) is 0 Å². The van der Waals surface area contributed by atoms with E-state index >= 15 is 0 Å². The highest BCUT2D eigenvalue weighted by Gasteiger charge is 2.51. The van der Waals surface area contributed by atoms with Gasteiger partial charge in [-0.15, -0.1) is 5.10 Å². The van der Waals surface area contributed by atoms with Crippen LogP contribution in [-0.4, -0.2) is 91.1 Å². The topological polar surface area (TPSA) is 135 Å². The Morgan fingerprint density at radius 1 is 0.979 bits per heavy atom. The maximum absolute atomic E-state index is 13.9. The van der Waals surface area contributed by atoms with E-state index in [9.17, 15) is 14.4 Å². The van der Waals surface area contributed by atoms with Crippen molar-refractivity contribution in [3.8, 4) is 11.5 Å². The van der Waals surface area contributed by atoms with Crippen molar-refractivity contribution in [2.75, 3.05) is 44.2 Å². The van der Waals surface area contributed by atoms with Gasteiger partial charge in [0.2, 0.25) is 17.7 Å². The predicted octanol–water partition coefficient (Wildman–Crippen LogP) is 2.26. The fourth-order valence-corrected chi connectivity index (χ4v) is 7.22. The molecule has 1 atom stereocenters. The molecule has 2 fully saturated rings. The van der Waals surface area contributed by atoms with Crippen molar-refractivity contribution in [2.24, 2.45) is 24.5 Å². The van der Waals surface area contributed by atoms with Crippen LogP contribution in [0.2, 0.25) is 0 Å². The molecule has 2 amide bonds. The molecule has 4 aliphatic heterocycles. The van der Waals surface area contributed by atoms with Crippen LogP contribution in [-0.2, 0) is 30.2 Å². The van der Waals surface area contributed by atoms with Gasteiger partial charge in [0, 0.05) is 63.2 Å². The van der Waals surface area contributed by atoms with Crippen LogP contribution < -0.4 is 10.7 Å². The summed E-state index contributed by atoms with van der Waals surface area (Å²) in [5.74, 6) is 0.637. The third kappa shape index (κ3) is 5.20. The Kier molecular flexibility index (Phi) is 7.01. The van der Waals surface area contributed by atoms with Crippen molar-refractivity contribution in [1.82, 2.24) is 34.3 Å². The normalized spacial score (nSPS) is 21.1. The Morgan fingerprint density at radius 3 is 2.51 bits per heavy atom. The lowest BCUT2D eigenvalue weighted by Gasteiger charge is -2.29. The molecule has 4 aliphatic rings. The number of amides is 2. The first-order valence-corrected chi connectivity index (χ1v) is 16.0. The Hall–Kier alpha value is -5.17. The third-order valence-electron chi connectivity index (χ3n) is 9.91. The SMILES string of the molecule is Cn1cc(C2=NCc3ccc(N4CC[C@]5(CCN(CC(=O)N6CC=C(c7ccc(-c8nn(C)c(=O)o8)cc7)CC6)C5)C4=O)nc32)cn1. The average Bonchev–Trinajstić information content (AvgIpc) is 3.92. The number of carbonyl (C=O) groups is 2. The molecule has 7 heterocycles. The lowest BCUT2D eigenvalue weighted by atomic mass is 9.85. The molecule has 1 spiro atoms. The van der Waals surface area contributed by atoms with Crippen molar-refractivity contribution >= 4 is 28.9 Å². The van der Waals surface area contributed by atoms with Gasteiger partial charge in [-0.3, -0.25) is 29.1 Å². The number of aromatic nitrogens is 5. The van der Waals surface area contributed by atoms with Crippen LogP contribution in [0.1, 0.15) is 41.6 Å². The maximum atomic E-state index is 13.9. The first-order chi connectivity index (χ1) is 22.8. The zero-order valence-corrected chi connectivity index (χ0v) is 26.4. The highest BCUT2D eigenvalue weighted by molar-refractivity contribution is 6.14. The summed E-state index contributed by atoms with van der Waals surface area (Å²) in [5.41, 5.74) is 6.11. The van der Waals surface area contributed by atoms with E-state index in [1.54, 1.807) is 17.9 Å². The number of aliphatic imine (C=N–C) groups is 1. The highest BCUT2D eigenvalue weighted by atomic mass is 16.4. The number of nitrogens with zero attached hydrogens (tertiary/aromatic N) is 9. The Balaban J connectivity index is 0.881. The van der Waals surface area contributed by atoms with Gasteiger partial charge in [-0.05, 0) is 55.1 Å². The molecule has 3 aromatic heterocycles. The largest absolute Gasteiger partial charge is 0.437 e. The molecule has 4 aromatic rings. The molecule has 0 unspecified atom stereocenters. The summed E-state index contributed by atoms with van der Waals surface area (Å²) in [6, 6.07) is 11.7. The molecule has 13 heteroatoms. The van der Waals surface area contributed by atoms with Gasteiger partial charge < -0.3 is 9.32 Å². The number of fused-ring (bicyclic) bond motifs is 1. The number of hydrogen-bond donors (Lipinski definition) is 0. The summed E-state index contributed by atoms with van der Waals surface area (Å²) in [4.78, 5) is 54.3. The molecule has 0 N–H and O–H groups in total. The lowest BCUT2D eigenvalue weighted by molar-refractivity contribution is -0.132. The molecular weight excluding hydrogens is 598 g/mol. The Labute approximate surface area is 270 Å². The summed E-state index contributed by atoms with van der Waals surface area (Å²) in [7, 11) is 3.43. The second-order valence-corrected chi connectivity index (χ2v) is 12.9. The van der Waals surface area contributed by atoms with E-state index in [0.29, 0.717) is 51.0 Å². The Morgan fingerprint density at radius 2 is 1.79 bits per heavy atom. The molecule has 47 heavy (non-hydrogen) atoms. The summed E-state index contributed by atoms with van der Waals surface area (Å²) >= 11 is 0. The van der Waals surface area contributed by atoms with E-state index in [1.165, 1.54) is 10.3 Å². The van der Waals surface area contributed by atoms with Crippen LogP contribution in [0.5, 0.6) is 0 Å². The van der Waals surface area contributed by atoms with Crippen LogP contribution in [0, 0.1) is 5.41 Å². The van der Waals surface area contributed by atoms with Crippen LogP contribution >= 0.6 is 0 Å². The fraction of sp³-hybridized carbons (Fsp3) is 0.382. The minimum atomic E-state index is -0.497. The van der Waals surface area contributed by atoms with Crippen molar-refractivity contribution in [1.29, 1.82) is 0 Å². The van der Waals surface area contributed by atoms with Gasteiger partial charge in [-0.2, -0.15) is 9.78 Å². The number of anilines is 1. The first kappa shape index (κ1) is 29.2. The van der Waals surface area contributed by atoms with Crippen LogP contribution in [0.25, 0.3) is 17.0 Å². The zero-order valence-electron chi connectivity index (χ0n) is 26.4. The number of pyridine rings is 1. The van der Waals surface area contributed by atoms with Gasteiger partial charge in [0.1, 0.15) is 5.82 Å². The standard InChI is InChI=1S/C34H35N9O4/c1-39-19-26(18-36-39)29-30-25(17-35-29)7-8-27(37-30)43-16-12-34(32(43)45)11-15-41(21-34)20-28(44)42-13-9-23(10-14-42)22-3-5-24(6-4-22)31-38-40(2)33(46)47-31/h3-9,18-19H,10-17,20-21H2,1-2H3/t34-/m0/s1. The first-order valence-electron chi connectivity index (χ1n) is 16.0. The lowest BCUT2D eigenvalue weighted by Crippen LogP contribution is -2.43. The smallest absolute Gasteiger partial charge is 0.388 e. The number of aryl methyl sites for hydroxylation is 2. The van der Waals surface area contributed by atoms with E-state index in [0.717, 1.165) is 59.5 Å². The predicted molar refractivity (Wildman–Crippen MR) is 174 cm³/mol. The minimum Gasteiger partial charge on any atom is -0.388 e. The van der Waals surface area contributed by atoms with Crippen LogP contribution in [0.3, 0.4) is 0 Å². The van der Waals surface area contributed by atoms with Gasteiger partial charge >= 0.3 is 5.76 Å². The molecule has 0 aliphatic carbocycles. The summed E-state index contributed by atoms with van der Waals surface area (Å²) in [6.07, 6.45) is 8.07. The molecule has 0 bridgehead atoms. The van der Waals surface area contributed by atoms with E-state index < -0.39 is 11.2 Å². The number of benzene rings is 1. The third-order valence-corrected chi connectivity index (χ3v) is 9.91. The zero-order chi connectivity index (χ0) is 32.3. The van der Waals surface area contributed by atoms with E-state index in [-0.39, 0.29) is 11.8 Å². The van der Waals surface area contributed by atoms with Gasteiger partial charge in [-0.1, -0.05) is 24.3 Å². The molecule has 0 saturated carbocycles. The quantitative estimate of drug-likeness (QED) is 0.316. The van der Waals surface area contributed by atoms with E-state index in [4.69, 9.17) is 14.4 Å². The van der Waals surface area contributed by atoms with Gasteiger partial charge in [-0.25, -0.2) is 9.78 Å². The van der Waals surface area contributed by atoms with Crippen molar-refractivity contribution in [3.05, 3.63) is 87.8 Å². The number of carbonyl (C=O) groups excluding carboxylic acids is 2. The minimum absolute atomic E-state index is 0.0858. The fourth-order valence-electron chi connectivity index (χ4n) is 7.22. The molecule has 1 aromatic carbocycles. The molecule has 240 valence electrons. The van der Waals surface area contributed by atoms with Crippen molar-refractivity contribution < 1.29 is 14.0 Å². The molecule has 8 rings (SSSR count). The van der Waals surface area contributed by atoms with Crippen LogP contribution in [0.4, 0.5) is 5.82 Å². The maximum Gasteiger partial charge on any atom is 0.437 e. The molecule has 13 nitrogen and oxygen atoms in total. The molecular formula is C34H35N9O4. The number of rotatable bonds is 6. The molecule has 2 saturated heterocycles. The van der Waals surface area contributed by atoms with Gasteiger partial charge in [0.05, 0.1) is 36.1 Å². The van der Waals surface area contributed by atoms with Gasteiger partial charge in [0.15, 0.2) is 0 Å². The van der Waals surface area contributed by atoms with E-state index in [1.807, 2.05) is 59.4 Å². The average molecular weight is 634 g/mol. The second-order valence-electron chi connectivity index (χ2n) is 12.9. The van der Waals surface area contributed by atoms with Gasteiger partial charge in [0.25, 0.3) is 0 Å². The molecule has 0 radical (unpaired) electrons. The van der Waals surface area contributed by atoms with Crippen LogP contribution in [0.15, 0.2) is 69.1 Å². The van der Waals surface area contributed by atoms with E-state index in [2.05, 4.69) is 21.2 Å². The summed E-state index contributed by atoms with van der Waals surface area (Å²) in [5, 5.41) is 8.39. The van der Waals surface area contributed by atoms with Crippen molar-refractivity contribution in [2.45, 2.75) is 25.8 Å². The number of likely N-dealkylation sites (tertiary alicyclic amines) is 1. The number of hydrogen-bond acceptors (Lipinski definition) is 9. The monoisotopic (exact) mass is 633 g/mol. The summed E-state index contributed by atoms with van der Waals surface area (Å²) in [6.45, 7) is 3.99.